The summed E-state index contributed by atoms with van der Waals surface area (Å²) in [6.07, 6.45) is 0.132. The highest BCUT2D eigenvalue weighted by Gasteiger charge is 2.25. The molecule has 0 aromatic carbocycles. The summed E-state index contributed by atoms with van der Waals surface area (Å²) in [5.41, 5.74) is 1.61. The number of sulfonamides is 1. The molecule has 2 aromatic heterocycles. The largest absolute Gasteiger partial charge is 0.360 e. The van der Waals surface area contributed by atoms with Crippen molar-refractivity contribution in [1.29, 1.82) is 0 Å². The Morgan fingerprint density at radius 2 is 2.04 bits per heavy atom. The molecule has 0 unspecified atom stereocenters. The van der Waals surface area contributed by atoms with Gasteiger partial charge in [-0.25, -0.2) is 13.1 Å². The van der Waals surface area contributed by atoms with E-state index in [1.165, 1.54) is 5.56 Å². The summed E-state index contributed by atoms with van der Waals surface area (Å²) in [5, 5.41) is 7.87. The average molecular weight is 413 g/mol. The van der Waals surface area contributed by atoms with Crippen molar-refractivity contribution in [2.75, 3.05) is 32.7 Å². The summed E-state index contributed by atoms with van der Waals surface area (Å²) in [6.45, 7) is 7.07. The van der Waals surface area contributed by atoms with Gasteiger partial charge in [0, 0.05) is 45.7 Å². The van der Waals surface area contributed by atoms with Crippen molar-refractivity contribution in [2.24, 2.45) is 0 Å². The number of nitrogens with zero attached hydrogens (tertiary/aromatic N) is 3. The second kappa shape index (κ2) is 8.51. The van der Waals surface area contributed by atoms with Gasteiger partial charge in [0.15, 0.2) is 5.76 Å². The van der Waals surface area contributed by atoms with Crippen molar-refractivity contribution in [3.8, 4) is 0 Å². The van der Waals surface area contributed by atoms with Gasteiger partial charge in [0.1, 0.15) is 10.6 Å². The summed E-state index contributed by atoms with van der Waals surface area (Å²) in [6, 6.07) is 2.12. The molecule has 1 N–H and O–H groups in total. The van der Waals surface area contributed by atoms with E-state index in [-0.39, 0.29) is 29.5 Å². The Morgan fingerprint density at radius 3 is 2.63 bits per heavy atom. The predicted molar refractivity (Wildman–Crippen MR) is 102 cm³/mol. The molecule has 0 aliphatic carbocycles. The first kappa shape index (κ1) is 20.0. The molecule has 0 atom stereocenters. The predicted octanol–water partition coefficient (Wildman–Crippen LogP) is 1.37. The molecule has 1 fully saturated rings. The van der Waals surface area contributed by atoms with Gasteiger partial charge in [-0.1, -0.05) is 5.16 Å². The van der Waals surface area contributed by atoms with Gasteiger partial charge in [-0.15, -0.1) is 0 Å². The first-order valence-electron chi connectivity index (χ1n) is 8.80. The first-order chi connectivity index (χ1) is 12.9. The number of hydrogen-bond acceptors (Lipinski definition) is 7. The maximum Gasteiger partial charge on any atom is 0.245 e. The minimum absolute atomic E-state index is 0.0355. The van der Waals surface area contributed by atoms with E-state index in [0.717, 1.165) is 19.6 Å². The molecule has 10 heteroatoms. The molecular formula is C17H24N4O4S2. The Bertz CT molecular complexity index is 849. The van der Waals surface area contributed by atoms with Crippen LogP contribution in [0.2, 0.25) is 0 Å². The Hall–Kier alpha value is -1.75. The van der Waals surface area contributed by atoms with E-state index in [1.807, 2.05) is 0 Å². The fraction of sp³-hybridized carbons (Fsp3) is 0.529. The van der Waals surface area contributed by atoms with Crippen LogP contribution in [0.5, 0.6) is 0 Å². The number of aryl methyl sites for hydroxylation is 2. The molecule has 148 valence electrons. The van der Waals surface area contributed by atoms with Crippen molar-refractivity contribution in [3.05, 3.63) is 33.8 Å². The van der Waals surface area contributed by atoms with Crippen LogP contribution in [0.4, 0.5) is 0 Å². The van der Waals surface area contributed by atoms with E-state index in [0.29, 0.717) is 18.8 Å². The summed E-state index contributed by atoms with van der Waals surface area (Å²) in [4.78, 5) is 16.5. The number of carbonyl (C=O) groups is 1. The Balaban J connectivity index is 1.44. The first-order valence-corrected chi connectivity index (χ1v) is 11.2. The Kier molecular flexibility index (Phi) is 6.30. The molecule has 1 aliphatic heterocycles. The van der Waals surface area contributed by atoms with E-state index in [1.54, 1.807) is 30.1 Å². The minimum Gasteiger partial charge on any atom is -0.360 e. The molecule has 0 spiro atoms. The second-order valence-corrected chi connectivity index (χ2v) is 9.07. The molecule has 0 saturated carbocycles. The van der Waals surface area contributed by atoms with Crippen LogP contribution >= 0.6 is 11.3 Å². The monoisotopic (exact) mass is 412 g/mol. The van der Waals surface area contributed by atoms with Gasteiger partial charge in [0.25, 0.3) is 0 Å². The summed E-state index contributed by atoms with van der Waals surface area (Å²) in [5.74, 6) is 0.208. The van der Waals surface area contributed by atoms with Gasteiger partial charge in [0.05, 0.1) is 0 Å². The zero-order valence-electron chi connectivity index (χ0n) is 15.5. The minimum atomic E-state index is -3.73. The van der Waals surface area contributed by atoms with E-state index in [4.69, 9.17) is 4.52 Å². The summed E-state index contributed by atoms with van der Waals surface area (Å²) >= 11 is 1.69. The zero-order chi connectivity index (χ0) is 19.4. The van der Waals surface area contributed by atoms with Gasteiger partial charge in [-0.3, -0.25) is 9.69 Å². The zero-order valence-corrected chi connectivity index (χ0v) is 17.1. The molecule has 8 nitrogen and oxygen atoms in total. The molecule has 3 heterocycles. The Labute approximate surface area is 163 Å². The highest BCUT2D eigenvalue weighted by atomic mass is 32.2. The van der Waals surface area contributed by atoms with Crippen LogP contribution in [-0.4, -0.2) is 62.0 Å². The molecule has 1 aliphatic rings. The maximum atomic E-state index is 12.4. The SMILES string of the molecule is Cc1noc(C)c1S(=O)(=O)NCCC(=O)N1CCN(Cc2ccsc2)CC1. The fourth-order valence-electron chi connectivity index (χ4n) is 3.18. The number of thiophene rings is 1. The molecule has 27 heavy (non-hydrogen) atoms. The van der Waals surface area contributed by atoms with Gasteiger partial charge >= 0.3 is 0 Å². The number of aromatic nitrogens is 1. The van der Waals surface area contributed by atoms with Gasteiger partial charge in [-0.2, -0.15) is 11.3 Å². The van der Waals surface area contributed by atoms with Crippen LogP contribution in [0.15, 0.2) is 26.2 Å². The number of hydrogen-bond donors (Lipinski definition) is 1. The van der Waals surface area contributed by atoms with Crippen LogP contribution in [0.3, 0.4) is 0 Å². The van der Waals surface area contributed by atoms with E-state index < -0.39 is 10.0 Å². The van der Waals surface area contributed by atoms with E-state index in [9.17, 15) is 13.2 Å². The highest BCUT2D eigenvalue weighted by molar-refractivity contribution is 7.89. The van der Waals surface area contributed by atoms with Crippen molar-refractivity contribution in [2.45, 2.75) is 31.7 Å². The topological polar surface area (TPSA) is 95.8 Å². The summed E-state index contributed by atoms with van der Waals surface area (Å²) in [7, 11) is -3.73. The van der Waals surface area contributed by atoms with Gasteiger partial charge in [0.2, 0.25) is 15.9 Å². The lowest BCUT2D eigenvalue weighted by Crippen LogP contribution is -2.48. The number of rotatable bonds is 7. The third-order valence-electron chi connectivity index (χ3n) is 4.58. The number of amides is 1. The number of nitrogens with one attached hydrogen (secondary N) is 1. The molecule has 1 saturated heterocycles. The van der Waals surface area contributed by atoms with Gasteiger partial charge in [-0.05, 0) is 36.2 Å². The number of carbonyl (C=O) groups excluding carboxylic acids is 1. The van der Waals surface area contributed by atoms with Crippen molar-refractivity contribution < 1.29 is 17.7 Å². The smallest absolute Gasteiger partial charge is 0.245 e. The third kappa shape index (κ3) is 4.95. The lowest BCUT2D eigenvalue weighted by atomic mass is 10.2. The van der Waals surface area contributed by atoms with Crippen molar-refractivity contribution in [3.63, 3.8) is 0 Å². The van der Waals surface area contributed by atoms with Crippen LogP contribution < -0.4 is 4.72 Å². The molecule has 3 rings (SSSR count). The average Bonchev–Trinajstić information content (AvgIpc) is 3.25. The standard InChI is InChI=1S/C17H24N4O4S2/c1-13-17(14(2)25-19-13)27(23,24)18-5-3-16(22)21-8-6-20(7-9-21)11-15-4-10-26-12-15/h4,10,12,18H,3,5-9,11H2,1-2H3. The van der Waals surface area contributed by atoms with Crippen LogP contribution in [0.25, 0.3) is 0 Å². The van der Waals surface area contributed by atoms with Crippen molar-refractivity contribution in [1.82, 2.24) is 19.7 Å². The molecule has 2 aromatic rings. The molecule has 1 amide bonds. The van der Waals surface area contributed by atoms with Gasteiger partial charge < -0.3 is 9.42 Å². The molecule has 0 radical (unpaired) electrons. The van der Waals surface area contributed by atoms with Crippen LogP contribution in [0.1, 0.15) is 23.4 Å². The van der Waals surface area contributed by atoms with Crippen molar-refractivity contribution >= 4 is 27.3 Å². The fourth-order valence-corrected chi connectivity index (χ4v) is 5.19. The lowest BCUT2D eigenvalue weighted by Gasteiger charge is -2.34. The normalized spacial score (nSPS) is 16.0. The van der Waals surface area contributed by atoms with Crippen LogP contribution in [-0.2, 0) is 21.4 Å². The number of piperazine rings is 1. The maximum absolute atomic E-state index is 12.4. The third-order valence-corrected chi connectivity index (χ3v) is 7.02. The van der Waals surface area contributed by atoms with E-state index >= 15 is 0 Å². The molecular weight excluding hydrogens is 388 g/mol. The lowest BCUT2D eigenvalue weighted by molar-refractivity contribution is -0.132. The Morgan fingerprint density at radius 1 is 1.30 bits per heavy atom. The quantitative estimate of drug-likeness (QED) is 0.738. The second-order valence-electron chi connectivity index (χ2n) is 6.59. The van der Waals surface area contributed by atoms with Crippen LogP contribution in [0, 0.1) is 13.8 Å². The van der Waals surface area contributed by atoms with E-state index in [2.05, 4.69) is 31.6 Å². The highest BCUT2D eigenvalue weighted by Crippen LogP contribution is 2.18. The summed E-state index contributed by atoms with van der Waals surface area (Å²) < 4.78 is 32.1. The molecule has 0 bridgehead atoms.